The van der Waals surface area contributed by atoms with Crippen LogP contribution in [-0.4, -0.2) is 100 Å². The van der Waals surface area contributed by atoms with Crippen LogP contribution in [0.1, 0.15) is 73.1 Å². The van der Waals surface area contributed by atoms with Gasteiger partial charge in [-0.2, -0.15) is 0 Å². The van der Waals surface area contributed by atoms with Crippen molar-refractivity contribution >= 4 is 11.7 Å². The second-order valence-electron chi connectivity index (χ2n) is 11.6. The van der Waals surface area contributed by atoms with Gasteiger partial charge in [0.1, 0.15) is 12.3 Å². The van der Waals surface area contributed by atoms with Gasteiger partial charge in [-0.05, 0) is 66.7 Å². The molecule has 0 spiro atoms. The second kappa shape index (κ2) is 8.73. The lowest BCUT2D eigenvalue weighted by atomic mass is 9.89. The number of piperazine rings is 1. The average molecular weight is 435 g/mol. The zero-order valence-electron chi connectivity index (χ0n) is 20.2. The van der Waals surface area contributed by atoms with Crippen LogP contribution in [0.15, 0.2) is 0 Å². The summed E-state index contributed by atoms with van der Waals surface area (Å²) in [4.78, 5) is 34.6. The summed E-state index contributed by atoms with van der Waals surface area (Å²) >= 11 is 0. The molecule has 0 aromatic rings. The topological polar surface area (TPSA) is 56.3 Å². The van der Waals surface area contributed by atoms with Crippen molar-refractivity contribution in [2.45, 2.75) is 103 Å². The molecule has 4 saturated heterocycles. The fourth-order valence-corrected chi connectivity index (χ4v) is 5.68. The third kappa shape index (κ3) is 5.00. The highest BCUT2D eigenvalue weighted by atomic mass is 16.5. The van der Waals surface area contributed by atoms with Crippen molar-refractivity contribution in [3.05, 3.63) is 0 Å². The van der Waals surface area contributed by atoms with Crippen LogP contribution in [0.5, 0.6) is 0 Å². The van der Waals surface area contributed by atoms with Crippen LogP contribution in [0, 0.1) is 0 Å². The minimum Gasteiger partial charge on any atom is -0.352 e. The highest BCUT2D eigenvalue weighted by molar-refractivity contribution is 5.85. The molecule has 0 saturated carbocycles. The third-order valence-corrected chi connectivity index (χ3v) is 7.97. The summed E-state index contributed by atoms with van der Waals surface area (Å²) in [7, 11) is 0. The number of amides is 1. The molecule has 0 bridgehead atoms. The number of piperidine rings is 1. The van der Waals surface area contributed by atoms with Gasteiger partial charge >= 0.3 is 0 Å². The van der Waals surface area contributed by atoms with Crippen LogP contribution in [0.2, 0.25) is 0 Å². The maximum absolute atomic E-state index is 12.9. The fourth-order valence-electron chi connectivity index (χ4n) is 5.68. The third-order valence-electron chi connectivity index (χ3n) is 7.97. The van der Waals surface area contributed by atoms with Gasteiger partial charge in [0, 0.05) is 43.2 Å². The van der Waals surface area contributed by atoms with Gasteiger partial charge in [0.15, 0.2) is 5.78 Å². The first kappa shape index (κ1) is 23.1. The van der Waals surface area contributed by atoms with E-state index in [1.54, 1.807) is 0 Å². The number of rotatable bonds is 4. The van der Waals surface area contributed by atoms with E-state index in [4.69, 9.17) is 4.74 Å². The summed E-state index contributed by atoms with van der Waals surface area (Å²) in [5.74, 6) is 0.478. The molecule has 0 N–H and O–H groups in total. The van der Waals surface area contributed by atoms with E-state index in [0.717, 1.165) is 58.4 Å². The Kier molecular flexibility index (Phi) is 6.52. The van der Waals surface area contributed by atoms with Crippen molar-refractivity contribution in [2.75, 3.05) is 39.4 Å². The summed E-state index contributed by atoms with van der Waals surface area (Å²) in [6.07, 6.45) is 5.76. The minimum atomic E-state index is -0.312. The van der Waals surface area contributed by atoms with Crippen molar-refractivity contribution in [1.82, 2.24) is 19.6 Å². The van der Waals surface area contributed by atoms with Gasteiger partial charge < -0.3 is 9.64 Å². The molecular formula is C24H42N4O3. The molecule has 31 heavy (non-hydrogen) atoms. The van der Waals surface area contributed by atoms with E-state index in [-0.39, 0.29) is 35.1 Å². The molecule has 176 valence electrons. The van der Waals surface area contributed by atoms with Crippen molar-refractivity contribution in [3.63, 3.8) is 0 Å². The normalized spacial score (nSPS) is 32.2. The molecule has 4 rings (SSSR count). The molecule has 4 aliphatic heterocycles. The van der Waals surface area contributed by atoms with Crippen LogP contribution in [0.4, 0.5) is 0 Å². The Morgan fingerprint density at radius 3 is 2.48 bits per heavy atom. The van der Waals surface area contributed by atoms with Gasteiger partial charge in [-0.3, -0.25) is 24.3 Å². The average Bonchev–Trinajstić information content (AvgIpc) is 2.71. The van der Waals surface area contributed by atoms with Gasteiger partial charge in [-0.25, -0.2) is 0 Å². The smallest absolute Gasteiger partial charge is 0.237 e. The van der Waals surface area contributed by atoms with Gasteiger partial charge in [0.05, 0.1) is 19.8 Å². The molecular weight excluding hydrogens is 392 g/mol. The molecule has 7 heteroatoms. The summed E-state index contributed by atoms with van der Waals surface area (Å²) in [5, 5.41) is 0. The number of Topliss-reactive ketones (excluding diaryl/α,β-unsaturated/α-hetero) is 1. The number of fused-ring (bicyclic) bond motifs is 2. The lowest BCUT2D eigenvalue weighted by Crippen LogP contribution is -2.63. The maximum Gasteiger partial charge on any atom is 0.237 e. The number of carbonyl (C=O) groups is 2. The first-order chi connectivity index (χ1) is 14.5. The number of hydrogen-bond donors (Lipinski definition) is 0. The fraction of sp³-hybridized carbons (Fsp3) is 0.917. The second-order valence-corrected chi connectivity index (χ2v) is 11.6. The minimum absolute atomic E-state index is 0.0526. The predicted octanol–water partition coefficient (Wildman–Crippen LogP) is 2.30. The lowest BCUT2D eigenvalue weighted by molar-refractivity contribution is -0.191. The number of ketones is 1. The largest absolute Gasteiger partial charge is 0.352 e. The zero-order valence-corrected chi connectivity index (χ0v) is 20.2. The molecule has 0 radical (unpaired) electrons. The van der Waals surface area contributed by atoms with Crippen LogP contribution < -0.4 is 0 Å². The van der Waals surface area contributed by atoms with Crippen molar-refractivity contribution in [1.29, 1.82) is 0 Å². The highest BCUT2D eigenvalue weighted by Crippen LogP contribution is 2.32. The Labute approximate surface area is 188 Å². The van der Waals surface area contributed by atoms with Crippen LogP contribution in [-0.2, 0) is 14.3 Å². The molecule has 0 aliphatic carbocycles. The van der Waals surface area contributed by atoms with Crippen molar-refractivity contribution in [3.8, 4) is 0 Å². The van der Waals surface area contributed by atoms with Crippen molar-refractivity contribution < 1.29 is 14.3 Å². The Morgan fingerprint density at radius 2 is 1.74 bits per heavy atom. The number of ether oxygens (including phenoxy) is 1. The Balaban J connectivity index is 1.32. The molecule has 3 unspecified atom stereocenters. The Hall–Kier alpha value is -1.02. The van der Waals surface area contributed by atoms with Crippen LogP contribution >= 0.6 is 0 Å². The van der Waals surface area contributed by atoms with Crippen molar-refractivity contribution in [2.24, 2.45) is 0 Å². The highest BCUT2D eigenvalue weighted by Gasteiger charge is 2.43. The van der Waals surface area contributed by atoms with Gasteiger partial charge in [-0.15, -0.1) is 0 Å². The first-order valence-corrected chi connectivity index (χ1v) is 12.3. The molecule has 1 amide bonds. The van der Waals surface area contributed by atoms with Crippen LogP contribution in [0.3, 0.4) is 0 Å². The van der Waals surface area contributed by atoms with Gasteiger partial charge in [0.25, 0.3) is 0 Å². The van der Waals surface area contributed by atoms with Gasteiger partial charge in [0.2, 0.25) is 5.91 Å². The monoisotopic (exact) mass is 434 g/mol. The molecule has 0 aromatic carbocycles. The van der Waals surface area contributed by atoms with E-state index in [0.29, 0.717) is 19.1 Å². The van der Waals surface area contributed by atoms with E-state index < -0.39 is 0 Å². The number of hydrogen-bond acceptors (Lipinski definition) is 6. The van der Waals surface area contributed by atoms with Gasteiger partial charge in [-0.1, -0.05) is 0 Å². The zero-order chi connectivity index (χ0) is 22.4. The number of nitrogens with zero attached hydrogens (tertiary/aromatic N) is 4. The quantitative estimate of drug-likeness (QED) is 0.677. The summed E-state index contributed by atoms with van der Waals surface area (Å²) in [6.45, 7) is 15.8. The summed E-state index contributed by atoms with van der Waals surface area (Å²) in [6, 6.07) is 0.364. The molecule has 4 heterocycles. The van der Waals surface area contributed by atoms with E-state index >= 15 is 0 Å². The SMILES string of the molecule is CC(C)(C)N1CCC2OC(CCC(C)(C)N3CC(=O)N4CCCCC4C3)C(=O)CN2C1. The number of carbonyl (C=O) groups excluding carboxylic acids is 2. The maximum atomic E-state index is 12.9. The molecule has 0 aromatic heterocycles. The van der Waals surface area contributed by atoms with Crippen LogP contribution in [0.25, 0.3) is 0 Å². The Bertz CT molecular complexity index is 689. The summed E-state index contributed by atoms with van der Waals surface area (Å²) < 4.78 is 6.31. The molecule has 4 fully saturated rings. The standard InChI is InChI=1S/C24H42N4O3/c1-23(2,3)26-13-10-22-25(17-26)15-19(29)20(31-22)9-11-24(4,5)27-14-18-8-6-7-12-28(18)21(30)16-27/h18,20,22H,6-17H2,1-5H3. The van der Waals surface area contributed by atoms with E-state index in [9.17, 15) is 9.59 Å². The van der Waals surface area contributed by atoms with E-state index in [1.165, 1.54) is 6.42 Å². The molecule has 3 atom stereocenters. The molecule has 4 aliphatic rings. The van der Waals surface area contributed by atoms with E-state index in [2.05, 4.69) is 54.2 Å². The van der Waals surface area contributed by atoms with E-state index in [1.807, 2.05) is 0 Å². The predicted molar refractivity (Wildman–Crippen MR) is 121 cm³/mol. The molecule has 7 nitrogen and oxygen atoms in total. The lowest BCUT2D eigenvalue weighted by Gasteiger charge is -2.50. The first-order valence-electron chi connectivity index (χ1n) is 12.3. The Morgan fingerprint density at radius 1 is 0.968 bits per heavy atom. The summed E-state index contributed by atoms with van der Waals surface area (Å²) in [5.41, 5.74) is -0.00967.